The summed E-state index contributed by atoms with van der Waals surface area (Å²) in [5.74, 6) is 0.895. The standard InChI is InChI=1S/C16H13ClOS/c1-11-2-5-14(6-3-11)18-9-12-10-19-16-7-4-13(17)8-15(12)16/h2-8,10H,9H2,1H3. The van der Waals surface area contributed by atoms with E-state index in [4.69, 9.17) is 16.3 Å². The van der Waals surface area contributed by atoms with Crippen LogP contribution in [0.5, 0.6) is 5.75 Å². The highest BCUT2D eigenvalue weighted by Crippen LogP contribution is 2.29. The van der Waals surface area contributed by atoms with Gasteiger partial charge in [-0.1, -0.05) is 29.3 Å². The molecule has 0 aliphatic rings. The number of rotatable bonds is 3. The van der Waals surface area contributed by atoms with Crippen molar-refractivity contribution in [2.75, 3.05) is 0 Å². The number of ether oxygens (including phenoxy) is 1. The van der Waals surface area contributed by atoms with Crippen LogP contribution in [-0.2, 0) is 6.61 Å². The molecule has 1 heterocycles. The van der Waals surface area contributed by atoms with E-state index in [1.807, 2.05) is 24.3 Å². The minimum atomic E-state index is 0.573. The Hall–Kier alpha value is -1.51. The van der Waals surface area contributed by atoms with E-state index in [1.54, 1.807) is 11.3 Å². The molecule has 3 aromatic rings. The summed E-state index contributed by atoms with van der Waals surface area (Å²) < 4.78 is 7.06. The Bertz CT molecular complexity index is 700. The average Bonchev–Trinajstić information content (AvgIpc) is 2.80. The van der Waals surface area contributed by atoms with Gasteiger partial charge in [-0.2, -0.15) is 0 Å². The first-order chi connectivity index (χ1) is 9.22. The molecular weight excluding hydrogens is 276 g/mol. The maximum atomic E-state index is 6.05. The maximum Gasteiger partial charge on any atom is 0.119 e. The summed E-state index contributed by atoms with van der Waals surface area (Å²) in [5, 5.41) is 4.09. The van der Waals surface area contributed by atoms with Crippen LogP contribution in [0.3, 0.4) is 0 Å². The third kappa shape index (κ3) is 2.75. The summed E-state index contributed by atoms with van der Waals surface area (Å²) in [6.07, 6.45) is 0. The Labute approximate surface area is 121 Å². The molecule has 0 atom stereocenters. The van der Waals surface area contributed by atoms with Gasteiger partial charge in [0.05, 0.1) is 0 Å². The van der Waals surface area contributed by atoms with Crippen LogP contribution in [0.25, 0.3) is 10.1 Å². The van der Waals surface area contributed by atoms with Gasteiger partial charge in [0.25, 0.3) is 0 Å². The van der Waals surface area contributed by atoms with Gasteiger partial charge in [-0.15, -0.1) is 11.3 Å². The number of thiophene rings is 1. The number of hydrogen-bond acceptors (Lipinski definition) is 2. The molecule has 0 unspecified atom stereocenters. The van der Waals surface area contributed by atoms with Crippen molar-refractivity contribution in [2.24, 2.45) is 0 Å². The van der Waals surface area contributed by atoms with Gasteiger partial charge in [-0.25, -0.2) is 0 Å². The van der Waals surface area contributed by atoms with Gasteiger partial charge in [-0.05, 0) is 42.6 Å². The number of hydrogen-bond donors (Lipinski definition) is 0. The minimum Gasteiger partial charge on any atom is -0.489 e. The van der Waals surface area contributed by atoms with Crippen molar-refractivity contribution in [3.8, 4) is 5.75 Å². The van der Waals surface area contributed by atoms with Crippen molar-refractivity contribution < 1.29 is 4.74 Å². The molecule has 0 amide bonds. The molecular formula is C16H13ClOS. The molecule has 96 valence electrons. The zero-order chi connectivity index (χ0) is 13.2. The quantitative estimate of drug-likeness (QED) is 0.623. The maximum absolute atomic E-state index is 6.05. The fraction of sp³-hybridized carbons (Fsp3) is 0.125. The highest BCUT2D eigenvalue weighted by molar-refractivity contribution is 7.17. The van der Waals surface area contributed by atoms with Crippen molar-refractivity contribution in [1.82, 2.24) is 0 Å². The van der Waals surface area contributed by atoms with Gasteiger partial charge in [0.2, 0.25) is 0 Å². The molecule has 0 saturated carbocycles. The Balaban J connectivity index is 1.81. The lowest BCUT2D eigenvalue weighted by Gasteiger charge is -2.05. The summed E-state index contributed by atoms with van der Waals surface area (Å²) in [6, 6.07) is 14.1. The second-order valence-electron chi connectivity index (χ2n) is 4.50. The van der Waals surface area contributed by atoms with E-state index in [0.717, 1.165) is 10.8 Å². The Morgan fingerprint density at radius 2 is 1.89 bits per heavy atom. The van der Waals surface area contributed by atoms with Gasteiger partial charge in [0.1, 0.15) is 12.4 Å². The highest BCUT2D eigenvalue weighted by Gasteiger charge is 2.05. The predicted molar refractivity (Wildman–Crippen MR) is 82.3 cm³/mol. The molecule has 0 radical (unpaired) electrons. The number of halogens is 1. The summed E-state index contributed by atoms with van der Waals surface area (Å²) >= 11 is 7.77. The molecule has 1 aromatic heterocycles. The molecule has 0 saturated heterocycles. The normalized spacial score (nSPS) is 10.8. The largest absolute Gasteiger partial charge is 0.489 e. The molecule has 0 fully saturated rings. The molecule has 0 aliphatic carbocycles. The van der Waals surface area contributed by atoms with Crippen LogP contribution in [0, 0.1) is 6.92 Å². The molecule has 0 N–H and O–H groups in total. The Kier molecular flexibility index (Phi) is 3.45. The summed E-state index contributed by atoms with van der Waals surface area (Å²) in [5.41, 5.74) is 2.42. The molecule has 2 aromatic carbocycles. The topological polar surface area (TPSA) is 9.23 Å². The molecule has 1 nitrogen and oxygen atoms in total. The molecule has 0 aliphatic heterocycles. The van der Waals surface area contributed by atoms with Crippen LogP contribution in [0.2, 0.25) is 5.02 Å². The van der Waals surface area contributed by atoms with Crippen LogP contribution in [-0.4, -0.2) is 0 Å². The monoisotopic (exact) mass is 288 g/mol. The highest BCUT2D eigenvalue weighted by atomic mass is 35.5. The number of benzene rings is 2. The van der Waals surface area contributed by atoms with Crippen molar-refractivity contribution in [3.63, 3.8) is 0 Å². The molecule has 3 heteroatoms. The van der Waals surface area contributed by atoms with E-state index in [-0.39, 0.29) is 0 Å². The van der Waals surface area contributed by atoms with E-state index in [9.17, 15) is 0 Å². The second kappa shape index (κ2) is 5.24. The second-order valence-corrected chi connectivity index (χ2v) is 5.85. The van der Waals surface area contributed by atoms with Gasteiger partial charge in [0, 0.05) is 20.7 Å². The van der Waals surface area contributed by atoms with Gasteiger partial charge < -0.3 is 4.74 Å². The lowest BCUT2D eigenvalue weighted by molar-refractivity contribution is 0.308. The van der Waals surface area contributed by atoms with Crippen LogP contribution >= 0.6 is 22.9 Å². The van der Waals surface area contributed by atoms with Crippen LogP contribution in [0.4, 0.5) is 0 Å². The number of aryl methyl sites for hydroxylation is 1. The fourth-order valence-corrected chi connectivity index (χ4v) is 3.06. The average molecular weight is 289 g/mol. The van der Waals surface area contributed by atoms with Crippen molar-refractivity contribution in [2.45, 2.75) is 13.5 Å². The first-order valence-electron chi connectivity index (χ1n) is 6.07. The smallest absolute Gasteiger partial charge is 0.119 e. The first-order valence-corrected chi connectivity index (χ1v) is 7.33. The Morgan fingerprint density at radius 1 is 1.11 bits per heavy atom. The fourth-order valence-electron chi connectivity index (χ4n) is 1.96. The van der Waals surface area contributed by atoms with E-state index in [0.29, 0.717) is 6.61 Å². The summed E-state index contributed by atoms with van der Waals surface area (Å²) in [7, 11) is 0. The zero-order valence-corrected chi connectivity index (χ0v) is 12.1. The molecule has 0 spiro atoms. The summed E-state index contributed by atoms with van der Waals surface area (Å²) in [6.45, 7) is 2.64. The Morgan fingerprint density at radius 3 is 2.68 bits per heavy atom. The third-order valence-corrected chi connectivity index (χ3v) is 4.28. The van der Waals surface area contributed by atoms with Crippen molar-refractivity contribution in [1.29, 1.82) is 0 Å². The van der Waals surface area contributed by atoms with E-state index in [2.05, 4.69) is 30.5 Å². The SMILES string of the molecule is Cc1ccc(OCc2csc3ccc(Cl)cc23)cc1. The van der Waals surface area contributed by atoms with Crippen molar-refractivity contribution in [3.05, 3.63) is 64.0 Å². The lowest BCUT2D eigenvalue weighted by Crippen LogP contribution is -1.94. The number of fused-ring (bicyclic) bond motifs is 1. The third-order valence-electron chi connectivity index (χ3n) is 3.03. The first kappa shape index (κ1) is 12.5. The van der Waals surface area contributed by atoms with Crippen LogP contribution in [0.15, 0.2) is 47.8 Å². The predicted octanol–water partition coefficient (Wildman–Crippen LogP) is 5.44. The molecule has 0 bridgehead atoms. The van der Waals surface area contributed by atoms with Gasteiger partial charge in [-0.3, -0.25) is 0 Å². The lowest BCUT2D eigenvalue weighted by atomic mass is 10.2. The van der Waals surface area contributed by atoms with E-state index < -0.39 is 0 Å². The van der Waals surface area contributed by atoms with E-state index >= 15 is 0 Å². The van der Waals surface area contributed by atoms with Crippen molar-refractivity contribution >= 4 is 33.0 Å². The van der Waals surface area contributed by atoms with Crippen LogP contribution < -0.4 is 4.74 Å². The van der Waals surface area contributed by atoms with Crippen LogP contribution in [0.1, 0.15) is 11.1 Å². The van der Waals surface area contributed by atoms with Gasteiger partial charge >= 0.3 is 0 Å². The molecule has 3 rings (SSSR count). The summed E-state index contributed by atoms with van der Waals surface area (Å²) in [4.78, 5) is 0. The van der Waals surface area contributed by atoms with Gasteiger partial charge in [0.15, 0.2) is 0 Å². The molecule has 19 heavy (non-hydrogen) atoms. The van der Waals surface area contributed by atoms with E-state index in [1.165, 1.54) is 21.2 Å². The minimum absolute atomic E-state index is 0.573. The zero-order valence-electron chi connectivity index (χ0n) is 10.5.